The molecule has 0 saturated heterocycles. The Morgan fingerprint density at radius 2 is 1.63 bits per heavy atom. The van der Waals surface area contributed by atoms with Gasteiger partial charge >= 0.3 is 0 Å². The number of rotatable bonds is 4. The molecule has 100 valence electrons. The van der Waals surface area contributed by atoms with Gasteiger partial charge in [-0.2, -0.15) is 0 Å². The van der Waals surface area contributed by atoms with Crippen LogP contribution in [0.5, 0.6) is 0 Å². The van der Waals surface area contributed by atoms with Crippen LogP contribution in [0.3, 0.4) is 0 Å². The maximum atomic E-state index is 3.79. The summed E-state index contributed by atoms with van der Waals surface area (Å²) in [5.74, 6) is 0. The van der Waals surface area contributed by atoms with E-state index in [1.165, 1.54) is 33.4 Å². The molecule has 0 spiro atoms. The molecule has 0 fully saturated rings. The molecule has 0 aliphatic heterocycles. The van der Waals surface area contributed by atoms with Crippen molar-refractivity contribution in [2.75, 3.05) is 0 Å². The van der Waals surface area contributed by atoms with Gasteiger partial charge in [0.2, 0.25) is 0 Å². The van der Waals surface area contributed by atoms with Gasteiger partial charge in [0, 0.05) is 0 Å². The van der Waals surface area contributed by atoms with Crippen molar-refractivity contribution in [1.82, 2.24) is 0 Å². The molecule has 0 unspecified atom stereocenters. The molecule has 19 heavy (non-hydrogen) atoms. The Labute approximate surface area is 117 Å². The minimum absolute atomic E-state index is 1.25. The molecule has 0 nitrogen and oxygen atoms in total. The average molecular weight is 252 g/mol. The molecule has 0 aromatic heterocycles. The second-order valence-electron chi connectivity index (χ2n) is 5.03. The fraction of sp³-hybridized carbons (Fsp3) is 0.263. The molecule has 0 N–H and O–H groups in total. The van der Waals surface area contributed by atoms with Crippen LogP contribution in [0, 0.1) is 6.92 Å². The molecule has 0 bridgehead atoms. The van der Waals surface area contributed by atoms with E-state index < -0.39 is 0 Å². The van der Waals surface area contributed by atoms with Gasteiger partial charge < -0.3 is 0 Å². The molecule has 0 radical (unpaired) electrons. The fourth-order valence-corrected chi connectivity index (χ4v) is 2.32. The zero-order valence-corrected chi connectivity index (χ0v) is 12.7. The van der Waals surface area contributed by atoms with Gasteiger partial charge in [0.25, 0.3) is 0 Å². The summed E-state index contributed by atoms with van der Waals surface area (Å²) in [5, 5.41) is 0. The van der Waals surface area contributed by atoms with E-state index in [-0.39, 0.29) is 0 Å². The molecule has 1 rings (SSSR count). The summed E-state index contributed by atoms with van der Waals surface area (Å²) in [6.07, 6.45) is 6.11. The first-order chi connectivity index (χ1) is 9.01. The predicted octanol–water partition coefficient (Wildman–Crippen LogP) is 5.87. The molecule has 1 aromatic rings. The second kappa shape index (κ2) is 6.94. The van der Waals surface area contributed by atoms with Crippen LogP contribution < -0.4 is 0 Å². The van der Waals surface area contributed by atoms with Gasteiger partial charge in [-0.15, -0.1) is 0 Å². The van der Waals surface area contributed by atoms with Gasteiger partial charge in [-0.05, 0) is 56.9 Å². The summed E-state index contributed by atoms with van der Waals surface area (Å²) in [5.41, 5.74) is 7.73. The van der Waals surface area contributed by atoms with Crippen LogP contribution in [0.15, 0.2) is 65.8 Å². The van der Waals surface area contributed by atoms with Gasteiger partial charge in [-0.1, -0.05) is 60.2 Å². The lowest BCUT2D eigenvalue weighted by Gasteiger charge is -2.16. The van der Waals surface area contributed by atoms with E-state index in [9.17, 15) is 0 Å². The van der Waals surface area contributed by atoms with Crippen molar-refractivity contribution in [3.63, 3.8) is 0 Å². The second-order valence-corrected chi connectivity index (χ2v) is 5.03. The zero-order valence-electron chi connectivity index (χ0n) is 12.7. The Kier molecular flexibility index (Phi) is 5.57. The maximum Gasteiger partial charge on any atom is -0.0152 e. The van der Waals surface area contributed by atoms with Gasteiger partial charge in [-0.3, -0.25) is 0 Å². The molecule has 0 amide bonds. The van der Waals surface area contributed by atoms with E-state index in [4.69, 9.17) is 0 Å². The first kappa shape index (κ1) is 15.2. The Morgan fingerprint density at radius 1 is 1.05 bits per heavy atom. The van der Waals surface area contributed by atoms with E-state index in [2.05, 4.69) is 77.6 Å². The number of hydrogen-bond donors (Lipinski definition) is 0. The third kappa shape index (κ3) is 3.82. The van der Waals surface area contributed by atoms with Crippen molar-refractivity contribution in [3.05, 3.63) is 76.9 Å². The first-order valence-electron chi connectivity index (χ1n) is 6.72. The monoisotopic (exact) mass is 252 g/mol. The molecule has 1 aromatic carbocycles. The van der Waals surface area contributed by atoms with Gasteiger partial charge in [0.1, 0.15) is 0 Å². The minimum atomic E-state index is 1.25. The van der Waals surface area contributed by atoms with Gasteiger partial charge in [0.05, 0.1) is 0 Å². The van der Waals surface area contributed by atoms with Gasteiger partial charge in [-0.25, -0.2) is 0 Å². The van der Waals surface area contributed by atoms with Crippen molar-refractivity contribution < 1.29 is 0 Å². The standard InChI is InChI=1S/C19H24/c1-7-9-16(6)19(14(3)4)18(8-2)17-12-10-15(5)11-13-17/h7-13H,1H2,2-6H3/b16-9-,18-8-. The van der Waals surface area contributed by atoms with Crippen LogP contribution in [-0.2, 0) is 0 Å². The molecule has 0 atom stereocenters. The van der Waals surface area contributed by atoms with Crippen LogP contribution in [0.4, 0.5) is 0 Å². The van der Waals surface area contributed by atoms with E-state index in [1.807, 2.05) is 6.08 Å². The summed E-state index contributed by atoms with van der Waals surface area (Å²) >= 11 is 0. The molecular weight excluding hydrogens is 228 g/mol. The maximum absolute atomic E-state index is 3.79. The topological polar surface area (TPSA) is 0 Å². The quantitative estimate of drug-likeness (QED) is 0.588. The number of allylic oxidation sites excluding steroid dienone is 7. The third-order valence-electron chi connectivity index (χ3n) is 3.18. The molecule has 0 aliphatic carbocycles. The number of aryl methyl sites for hydroxylation is 1. The Balaban J connectivity index is 3.36. The van der Waals surface area contributed by atoms with Crippen molar-refractivity contribution in [3.8, 4) is 0 Å². The third-order valence-corrected chi connectivity index (χ3v) is 3.18. The normalized spacial score (nSPS) is 12.3. The summed E-state index contributed by atoms with van der Waals surface area (Å²) in [4.78, 5) is 0. The SMILES string of the molecule is C=C/C=C(/C)C(=C(C)C)/C(=C\C)c1ccc(C)cc1. The number of hydrogen-bond acceptors (Lipinski definition) is 0. The molecular formula is C19H24. The van der Waals surface area contributed by atoms with Crippen molar-refractivity contribution in [1.29, 1.82) is 0 Å². The highest BCUT2D eigenvalue weighted by Gasteiger charge is 2.10. The van der Waals surface area contributed by atoms with Crippen LogP contribution in [0.1, 0.15) is 38.8 Å². The lowest BCUT2D eigenvalue weighted by Crippen LogP contribution is -1.95. The minimum Gasteiger partial charge on any atom is -0.0991 e. The van der Waals surface area contributed by atoms with Gasteiger partial charge in [0.15, 0.2) is 0 Å². The fourth-order valence-electron chi connectivity index (χ4n) is 2.32. The summed E-state index contributed by atoms with van der Waals surface area (Å²) in [6.45, 7) is 14.5. The predicted molar refractivity (Wildman–Crippen MR) is 87.2 cm³/mol. The van der Waals surface area contributed by atoms with Crippen molar-refractivity contribution >= 4 is 5.57 Å². The Hall–Kier alpha value is -1.82. The highest BCUT2D eigenvalue weighted by molar-refractivity contribution is 5.84. The molecule has 0 heterocycles. The van der Waals surface area contributed by atoms with E-state index in [0.717, 1.165) is 0 Å². The molecule has 0 heteroatoms. The lowest BCUT2D eigenvalue weighted by atomic mass is 9.89. The smallest absolute Gasteiger partial charge is 0.0152 e. The van der Waals surface area contributed by atoms with Crippen LogP contribution in [0.2, 0.25) is 0 Å². The van der Waals surface area contributed by atoms with E-state index in [1.54, 1.807) is 0 Å². The average Bonchev–Trinajstić information content (AvgIpc) is 2.36. The summed E-state index contributed by atoms with van der Waals surface area (Å²) in [6, 6.07) is 8.70. The summed E-state index contributed by atoms with van der Waals surface area (Å²) in [7, 11) is 0. The highest BCUT2D eigenvalue weighted by atomic mass is 14.1. The van der Waals surface area contributed by atoms with Crippen molar-refractivity contribution in [2.24, 2.45) is 0 Å². The Morgan fingerprint density at radius 3 is 2.05 bits per heavy atom. The summed E-state index contributed by atoms with van der Waals surface area (Å²) < 4.78 is 0. The molecule has 0 saturated carbocycles. The number of benzene rings is 1. The first-order valence-corrected chi connectivity index (χ1v) is 6.72. The van der Waals surface area contributed by atoms with Crippen LogP contribution in [-0.4, -0.2) is 0 Å². The lowest BCUT2D eigenvalue weighted by molar-refractivity contribution is 1.28. The highest BCUT2D eigenvalue weighted by Crippen LogP contribution is 2.31. The zero-order chi connectivity index (χ0) is 14.4. The molecule has 0 aliphatic rings. The van der Waals surface area contributed by atoms with E-state index >= 15 is 0 Å². The largest absolute Gasteiger partial charge is 0.0991 e. The van der Waals surface area contributed by atoms with Crippen LogP contribution >= 0.6 is 0 Å². The van der Waals surface area contributed by atoms with Crippen LogP contribution in [0.25, 0.3) is 5.57 Å². The van der Waals surface area contributed by atoms with Crippen molar-refractivity contribution in [2.45, 2.75) is 34.6 Å². The Bertz CT molecular complexity index is 530. The van der Waals surface area contributed by atoms with E-state index in [0.29, 0.717) is 0 Å².